The summed E-state index contributed by atoms with van der Waals surface area (Å²) in [5.41, 5.74) is 0.808. The highest BCUT2D eigenvalue weighted by atomic mass is 35.5. The SMILES string of the molecule is COc1ccc(-c2noc(C3CCCN(S(=O)(=O)c4ccc(Cl)cc4)C3)n2)cc1. The lowest BCUT2D eigenvalue weighted by atomic mass is 10.00. The minimum atomic E-state index is -3.60. The monoisotopic (exact) mass is 433 g/mol. The number of ether oxygens (including phenoxy) is 1. The van der Waals surface area contributed by atoms with E-state index >= 15 is 0 Å². The second kappa shape index (κ2) is 8.14. The van der Waals surface area contributed by atoms with Gasteiger partial charge in [-0.1, -0.05) is 16.8 Å². The number of hydrogen-bond donors (Lipinski definition) is 0. The smallest absolute Gasteiger partial charge is 0.243 e. The van der Waals surface area contributed by atoms with Gasteiger partial charge in [-0.15, -0.1) is 0 Å². The summed E-state index contributed by atoms with van der Waals surface area (Å²) in [6, 6.07) is 13.6. The molecule has 1 atom stereocenters. The fraction of sp³-hybridized carbons (Fsp3) is 0.300. The maximum Gasteiger partial charge on any atom is 0.243 e. The third-order valence-corrected chi connectivity index (χ3v) is 7.11. The lowest BCUT2D eigenvalue weighted by molar-refractivity contribution is 0.265. The molecular weight excluding hydrogens is 414 g/mol. The van der Waals surface area contributed by atoms with Crippen LogP contribution in [0, 0.1) is 0 Å². The molecule has 2 aromatic carbocycles. The molecule has 4 rings (SSSR count). The molecule has 0 aliphatic carbocycles. The van der Waals surface area contributed by atoms with Crippen molar-refractivity contribution in [1.29, 1.82) is 0 Å². The lowest BCUT2D eigenvalue weighted by Crippen LogP contribution is -2.39. The third-order valence-electron chi connectivity index (χ3n) is 4.97. The molecule has 0 N–H and O–H groups in total. The van der Waals surface area contributed by atoms with Crippen molar-refractivity contribution in [2.75, 3.05) is 20.2 Å². The summed E-state index contributed by atoms with van der Waals surface area (Å²) in [6.07, 6.45) is 1.51. The van der Waals surface area contributed by atoms with Crippen molar-refractivity contribution < 1.29 is 17.7 Å². The molecule has 29 heavy (non-hydrogen) atoms. The van der Waals surface area contributed by atoms with Gasteiger partial charge in [0.15, 0.2) is 0 Å². The van der Waals surface area contributed by atoms with Crippen molar-refractivity contribution in [3.05, 3.63) is 59.4 Å². The first-order chi connectivity index (χ1) is 14.0. The molecule has 152 valence electrons. The van der Waals surface area contributed by atoms with Crippen LogP contribution < -0.4 is 4.74 Å². The van der Waals surface area contributed by atoms with Gasteiger partial charge in [0.25, 0.3) is 0 Å². The van der Waals surface area contributed by atoms with Gasteiger partial charge in [0.1, 0.15) is 5.75 Å². The summed E-state index contributed by atoms with van der Waals surface area (Å²) in [7, 11) is -2.00. The average Bonchev–Trinajstić information content (AvgIpc) is 3.24. The maximum absolute atomic E-state index is 13.0. The van der Waals surface area contributed by atoms with E-state index in [2.05, 4.69) is 10.1 Å². The van der Waals surface area contributed by atoms with E-state index in [1.54, 1.807) is 19.2 Å². The van der Waals surface area contributed by atoms with Crippen molar-refractivity contribution in [3.8, 4) is 17.1 Å². The first-order valence-corrected chi connectivity index (χ1v) is 11.0. The standard InChI is InChI=1S/C20H20ClN3O4S/c1-27-17-8-4-14(5-9-17)19-22-20(28-23-19)15-3-2-12-24(13-15)29(25,26)18-10-6-16(21)7-11-18/h4-11,15H,2-3,12-13H2,1H3. The molecule has 1 aromatic heterocycles. The first-order valence-electron chi connectivity index (χ1n) is 9.21. The minimum Gasteiger partial charge on any atom is -0.497 e. The number of aromatic nitrogens is 2. The molecule has 1 saturated heterocycles. The molecule has 7 nitrogen and oxygen atoms in total. The Hall–Kier alpha value is -2.42. The normalized spacial score (nSPS) is 17.9. The predicted octanol–water partition coefficient (Wildman–Crippen LogP) is 3.97. The van der Waals surface area contributed by atoms with Crippen molar-refractivity contribution in [2.45, 2.75) is 23.7 Å². The van der Waals surface area contributed by atoms with Gasteiger partial charge < -0.3 is 9.26 Å². The number of sulfonamides is 1. The summed E-state index contributed by atoms with van der Waals surface area (Å²) in [5.74, 6) is 1.52. The first kappa shape index (κ1) is 19.9. The molecule has 0 amide bonds. The van der Waals surface area contributed by atoms with Crippen molar-refractivity contribution >= 4 is 21.6 Å². The number of benzene rings is 2. The van der Waals surface area contributed by atoms with Gasteiger partial charge in [-0.25, -0.2) is 8.42 Å². The zero-order valence-electron chi connectivity index (χ0n) is 15.8. The van der Waals surface area contributed by atoms with Crippen molar-refractivity contribution in [1.82, 2.24) is 14.4 Å². The summed E-state index contributed by atoms with van der Waals surface area (Å²) < 4.78 is 38.0. The maximum atomic E-state index is 13.0. The zero-order valence-corrected chi connectivity index (χ0v) is 17.4. The predicted molar refractivity (Wildman–Crippen MR) is 108 cm³/mol. The Labute approximate surface area is 174 Å². The third kappa shape index (κ3) is 4.14. The topological polar surface area (TPSA) is 85.5 Å². The van der Waals surface area contributed by atoms with E-state index in [9.17, 15) is 8.42 Å². The van der Waals surface area contributed by atoms with E-state index in [1.807, 2.05) is 24.3 Å². The van der Waals surface area contributed by atoms with E-state index in [-0.39, 0.29) is 10.8 Å². The Morgan fingerprint density at radius 3 is 2.55 bits per heavy atom. The van der Waals surface area contributed by atoms with Crippen LogP contribution in [0.1, 0.15) is 24.7 Å². The molecule has 2 heterocycles. The summed E-state index contributed by atoms with van der Waals surface area (Å²) in [5, 5.41) is 4.56. The van der Waals surface area contributed by atoms with E-state index in [0.29, 0.717) is 29.8 Å². The van der Waals surface area contributed by atoms with Gasteiger partial charge in [-0.2, -0.15) is 9.29 Å². The Bertz CT molecular complexity index is 1080. The van der Waals surface area contributed by atoms with Crippen molar-refractivity contribution in [2.24, 2.45) is 0 Å². The minimum absolute atomic E-state index is 0.148. The molecule has 9 heteroatoms. The number of methoxy groups -OCH3 is 1. The van der Waals surface area contributed by atoms with Gasteiger partial charge >= 0.3 is 0 Å². The Balaban J connectivity index is 1.52. The molecular formula is C20H20ClN3O4S. The number of nitrogens with zero attached hydrogens (tertiary/aromatic N) is 3. The van der Waals surface area contributed by atoms with Crippen LogP contribution in [-0.2, 0) is 10.0 Å². The van der Waals surface area contributed by atoms with Gasteiger partial charge in [0, 0.05) is 23.7 Å². The number of piperidine rings is 1. The molecule has 1 fully saturated rings. The molecule has 0 saturated carbocycles. The highest BCUT2D eigenvalue weighted by Gasteiger charge is 2.33. The average molecular weight is 434 g/mol. The van der Waals surface area contributed by atoms with Crippen LogP contribution >= 0.6 is 11.6 Å². The van der Waals surface area contributed by atoms with Crippen LogP contribution in [0.15, 0.2) is 57.9 Å². The van der Waals surface area contributed by atoms with Gasteiger partial charge in [-0.05, 0) is 61.4 Å². The van der Waals surface area contributed by atoms with Crippen LogP contribution in [0.3, 0.4) is 0 Å². The van der Waals surface area contributed by atoms with E-state index in [4.69, 9.17) is 20.9 Å². The number of rotatable bonds is 5. The Morgan fingerprint density at radius 1 is 1.14 bits per heavy atom. The summed E-state index contributed by atoms with van der Waals surface area (Å²) in [6.45, 7) is 0.760. The second-order valence-electron chi connectivity index (χ2n) is 6.84. The fourth-order valence-electron chi connectivity index (χ4n) is 3.38. The molecule has 1 aliphatic rings. The van der Waals surface area contributed by atoms with Gasteiger partial charge in [0.05, 0.1) is 17.9 Å². The van der Waals surface area contributed by atoms with Crippen molar-refractivity contribution in [3.63, 3.8) is 0 Å². The van der Waals surface area contributed by atoms with Crippen LogP contribution in [0.2, 0.25) is 5.02 Å². The largest absolute Gasteiger partial charge is 0.497 e. The zero-order chi connectivity index (χ0) is 20.4. The molecule has 0 radical (unpaired) electrons. The van der Waals surface area contributed by atoms with Gasteiger partial charge in [-0.3, -0.25) is 0 Å². The Kier molecular flexibility index (Phi) is 5.58. The molecule has 1 unspecified atom stereocenters. The molecule has 3 aromatic rings. The quantitative estimate of drug-likeness (QED) is 0.605. The Morgan fingerprint density at radius 2 is 1.86 bits per heavy atom. The van der Waals surface area contributed by atoms with Crippen LogP contribution in [0.25, 0.3) is 11.4 Å². The van der Waals surface area contributed by atoms with E-state index < -0.39 is 10.0 Å². The molecule has 0 bridgehead atoms. The molecule has 0 spiro atoms. The lowest BCUT2D eigenvalue weighted by Gasteiger charge is -2.30. The summed E-state index contributed by atoms with van der Waals surface area (Å²) >= 11 is 5.88. The highest BCUT2D eigenvalue weighted by molar-refractivity contribution is 7.89. The number of halogens is 1. The van der Waals surface area contributed by atoms with Gasteiger partial charge in [0.2, 0.25) is 21.7 Å². The summed E-state index contributed by atoms with van der Waals surface area (Å²) in [4.78, 5) is 4.73. The van der Waals surface area contributed by atoms with Crippen LogP contribution in [0.5, 0.6) is 5.75 Å². The fourth-order valence-corrected chi connectivity index (χ4v) is 5.03. The second-order valence-corrected chi connectivity index (χ2v) is 9.22. The van der Waals surface area contributed by atoms with Crippen LogP contribution in [-0.4, -0.2) is 43.1 Å². The van der Waals surface area contributed by atoms with E-state index in [1.165, 1.54) is 16.4 Å². The highest BCUT2D eigenvalue weighted by Crippen LogP contribution is 2.31. The number of hydrogen-bond acceptors (Lipinski definition) is 6. The molecule has 1 aliphatic heterocycles. The van der Waals surface area contributed by atoms with Crippen LogP contribution in [0.4, 0.5) is 0 Å². The van der Waals surface area contributed by atoms with E-state index in [0.717, 1.165) is 24.2 Å².